The van der Waals surface area contributed by atoms with Gasteiger partial charge in [-0.25, -0.2) is 0 Å². The minimum Gasteiger partial charge on any atom is -0.383 e. The monoisotopic (exact) mass is 267 g/mol. The Kier molecular flexibility index (Phi) is 3.73. The lowest BCUT2D eigenvalue weighted by atomic mass is 10.0. The molecule has 1 aliphatic rings. The van der Waals surface area contributed by atoms with Gasteiger partial charge in [0.25, 0.3) is 0 Å². The third kappa shape index (κ3) is 2.33. The van der Waals surface area contributed by atoms with E-state index in [9.17, 15) is 0 Å². The summed E-state index contributed by atoms with van der Waals surface area (Å²) in [4.78, 5) is 0. The number of likely N-dealkylation sites (N-methyl/N-ethyl adjacent to an activating group) is 1. The highest BCUT2D eigenvalue weighted by Crippen LogP contribution is 2.41. The van der Waals surface area contributed by atoms with E-state index in [0.717, 1.165) is 6.04 Å². The van der Waals surface area contributed by atoms with Gasteiger partial charge in [-0.05, 0) is 19.5 Å². The van der Waals surface area contributed by atoms with Crippen molar-refractivity contribution >= 4 is 18.9 Å². The second-order valence-electron chi connectivity index (χ2n) is 4.48. The number of rotatable bonds is 3. The predicted molar refractivity (Wildman–Crippen MR) is 74.1 cm³/mol. The summed E-state index contributed by atoms with van der Waals surface area (Å²) in [6.45, 7) is 5.93. The quantitative estimate of drug-likeness (QED) is 0.473. The summed E-state index contributed by atoms with van der Waals surface area (Å²) in [5, 5.41) is 0. The number of benzene rings is 1. The van der Waals surface area contributed by atoms with Crippen LogP contribution in [0.1, 0.15) is 18.6 Å². The maximum absolute atomic E-state index is 6.63. The molecule has 2 nitrogen and oxygen atoms in total. The normalized spacial score (nSPS) is 33.8. The van der Waals surface area contributed by atoms with Gasteiger partial charge >= 0.3 is 7.79 Å². The van der Waals surface area contributed by atoms with Crippen LogP contribution in [-0.4, -0.2) is 25.4 Å². The van der Waals surface area contributed by atoms with Crippen LogP contribution in [0.25, 0.3) is 0 Å². The maximum atomic E-state index is 6.63. The molecule has 0 saturated carbocycles. The fourth-order valence-corrected chi connectivity index (χ4v) is 5.69. The van der Waals surface area contributed by atoms with Crippen LogP contribution < -0.4 is 0 Å². The molecule has 0 bridgehead atoms. The summed E-state index contributed by atoms with van der Waals surface area (Å²) in [5.74, 6) is 0. The average molecular weight is 268 g/mol. The highest BCUT2D eigenvalue weighted by atomic mass is 35.6. The molecule has 0 N–H and O–H groups in total. The van der Waals surface area contributed by atoms with Crippen LogP contribution in [0.3, 0.4) is 0 Å². The van der Waals surface area contributed by atoms with Crippen LogP contribution in [0, 0.1) is 0 Å². The lowest BCUT2D eigenvalue weighted by Crippen LogP contribution is -2.44. The van der Waals surface area contributed by atoms with E-state index >= 15 is 0 Å². The maximum Gasteiger partial charge on any atom is 0.377 e. The zero-order chi connectivity index (χ0) is 12.5. The molecule has 0 aliphatic carbocycles. The minimum atomic E-state index is -2.31. The van der Waals surface area contributed by atoms with Crippen LogP contribution in [-0.2, 0) is 4.43 Å². The first-order valence-electron chi connectivity index (χ1n) is 5.84. The standard InChI is InChI=1S/C13H18ClNOSi/c1-4-10-17(14)15(3)11(2)13(16-17)12-8-6-5-7-9-12/h4-9,11,13H,1,10H2,2-3H3/t11-,13+,17+/m1/s1. The van der Waals surface area contributed by atoms with Crippen LogP contribution in [0.15, 0.2) is 43.0 Å². The average Bonchev–Trinajstić information content (AvgIpc) is 2.56. The molecule has 1 aromatic rings. The molecule has 1 heterocycles. The zero-order valence-corrected chi connectivity index (χ0v) is 12.0. The molecule has 0 aromatic heterocycles. The van der Waals surface area contributed by atoms with Crippen molar-refractivity contribution in [3.63, 3.8) is 0 Å². The molecule has 1 saturated heterocycles. The molecule has 1 fully saturated rings. The highest BCUT2D eigenvalue weighted by Gasteiger charge is 2.51. The largest absolute Gasteiger partial charge is 0.383 e. The summed E-state index contributed by atoms with van der Waals surface area (Å²) in [7, 11) is -0.259. The van der Waals surface area contributed by atoms with Gasteiger partial charge < -0.3 is 4.43 Å². The van der Waals surface area contributed by atoms with Crippen molar-refractivity contribution in [2.45, 2.75) is 25.1 Å². The van der Waals surface area contributed by atoms with E-state index in [2.05, 4.69) is 37.2 Å². The Morgan fingerprint density at radius 3 is 2.71 bits per heavy atom. The van der Waals surface area contributed by atoms with Crippen molar-refractivity contribution in [1.29, 1.82) is 0 Å². The van der Waals surface area contributed by atoms with Gasteiger partial charge in [-0.2, -0.15) is 0 Å². The third-order valence-electron chi connectivity index (χ3n) is 3.41. The Hall–Kier alpha value is -0.613. The summed E-state index contributed by atoms with van der Waals surface area (Å²) in [5.41, 5.74) is 1.20. The van der Waals surface area contributed by atoms with Gasteiger partial charge in [0.15, 0.2) is 0 Å². The van der Waals surface area contributed by atoms with Crippen LogP contribution in [0.2, 0.25) is 6.04 Å². The van der Waals surface area contributed by atoms with Gasteiger partial charge in [0.1, 0.15) is 0 Å². The Morgan fingerprint density at radius 2 is 2.12 bits per heavy atom. The van der Waals surface area contributed by atoms with Crippen molar-refractivity contribution in [1.82, 2.24) is 4.57 Å². The fraction of sp³-hybridized carbons (Fsp3) is 0.385. The van der Waals surface area contributed by atoms with E-state index in [-0.39, 0.29) is 6.10 Å². The molecule has 2 rings (SSSR count). The van der Waals surface area contributed by atoms with Gasteiger partial charge in [-0.1, -0.05) is 36.4 Å². The SMILES string of the molecule is C=CC[Si@@]1(Cl)O[C@H](c2ccccc2)[C@@H](C)N1C. The first-order valence-corrected chi connectivity index (χ1v) is 8.91. The number of nitrogens with zero attached hydrogens (tertiary/aromatic N) is 1. The van der Waals surface area contributed by atoms with Gasteiger partial charge in [-0.15, -0.1) is 17.7 Å². The number of hydrogen-bond donors (Lipinski definition) is 0. The van der Waals surface area contributed by atoms with E-state index in [0.29, 0.717) is 6.04 Å². The zero-order valence-electron chi connectivity index (χ0n) is 10.3. The Morgan fingerprint density at radius 1 is 1.47 bits per heavy atom. The van der Waals surface area contributed by atoms with Crippen molar-refractivity contribution in [3.8, 4) is 0 Å². The molecule has 0 spiro atoms. The Labute approximate surface area is 109 Å². The molecule has 92 valence electrons. The molecule has 3 atom stereocenters. The van der Waals surface area contributed by atoms with Crippen molar-refractivity contribution < 1.29 is 4.43 Å². The van der Waals surface area contributed by atoms with Gasteiger partial charge in [0.2, 0.25) is 0 Å². The van der Waals surface area contributed by atoms with E-state index < -0.39 is 7.79 Å². The van der Waals surface area contributed by atoms with Crippen molar-refractivity contribution in [2.75, 3.05) is 7.05 Å². The lowest BCUT2D eigenvalue weighted by molar-refractivity contribution is 0.207. The minimum absolute atomic E-state index is 0.0744. The van der Waals surface area contributed by atoms with E-state index in [4.69, 9.17) is 15.5 Å². The number of halogens is 1. The molecule has 0 radical (unpaired) electrons. The van der Waals surface area contributed by atoms with Crippen molar-refractivity contribution in [3.05, 3.63) is 48.6 Å². The topological polar surface area (TPSA) is 12.5 Å². The molecule has 1 aliphatic heterocycles. The van der Waals surface area contributed by atoms with E-state index in [1.165, 1.54) is 5.56 Å². The first kappa shape index (κ1) is 12.8. The molecule has 17 heavy (non-hydrogen) atoms. The second-order valence-corrected chi connectivity index (χ2v) is 8.98. The van der Waals surface area contributed by atoms with Gasteiger partial charge in [0, 0.05) is 12.1 Å². The summed E-state index contributed by atoms with van der Waals surface area (Å²) in [6, 6.07) is 11.3. The summed E-state index contributed by atoms with van der Waals surface area (Å²) < 4.78 is 8.36. The fourth-order valence-electron chi connectivity index (χ4n) is 2.24. The number of allylic oxidation sites excluding steroid dienone is 1. The van der Waals surface area contributed by atoms with Crippen LogP contribution in [0.5, 0.6) is 0 Å². The Balaban J connectivity index is 2.25. The Bertz CT molecular complexity index is 400. The summed E-state index contributed by atoms with van der Waals surface area (Å²) in [6.07, 6.45) is 1.93. The molecule has 1 aromatic carbocycles. The van der Waals surface area contributed by atoms with Crippen LogP contribution in [0.4, 0.5) is 0 Å². The molecule has 4 heteroatoms. The van der Waals surface area contributed by atoms with Gasteiger partial charge in [0.05, 0.1) is 6.10 Å². The highest BCUT2D eigenvalue weighted by molar-refractivity contribution is 7.15. The van der Waals surface area contributed by atoms with E-state index in [1.807, 2.05) is 24.3 Å². The first-order chi connectivity index (χ1) is 8.08. The second kappa shape index (κ2) is 4.94. The lowest BCUT2D eigenvalue weighted by Gasteiger charge is -2.24. The smallest absolute Gasteiger partial charge is 0.377 e. The van der Waals surface area contributed by atoms with E-state index in [1.54, 1.807) is 0 Å². The van der Waals surface area contributed by atoms with Crippen LogP contribution >= 0.6 is 11.1 Å². The predicted octanol–water partition coefficient (Wildman–Crippen LogP) is 3.44. The molecule has 0 amide bonds. The third-order valence-corrected chi connectivity index (χ3v) is 7.81. The molecular formula is C13H18ClNOSi. The van der Waals surface area contributed by atoms with Gasteiger partial charge in [-0.3, -0.25) is 4.57 Å². The molecule has 0 unspecified atom stereocenters. The molecular weight excluding hydrogens is 250 g/mol. The number of hydrogen-bond acceptors (Lipinski definition) is 2. The summed E-state index contributed by atoms with van der Waals surface area (Å²) >= 11 is 6.63. The van der Waals surface area contributed by atoms with Crippen molar-refractivity contribution in [2.24, 2.45) is 0 Å².